The molecular formula is C32H34BrClF3N3O4S. The summed E-state index contributed by atoms with van der Waals surface area (Å²) in [5.74, 6) is -1.17. The second kappa shape index (κ2) is 15.0. The fourth-order valence-corrected chi connectivity index (χ4v) is 6.75. The highest BCUT2D eigenvalue weighted by molar-refractivity contribution is 9.10. The molecule has 1 N–H and O–H groups in total. The third kappa shape index (κ3) is 9.70. The second-order valence-electron chi connectivity index (χ2n) is 11.1. The monoisotopic (exact) mass is 727 g/mol. The van der Waals surface area contributed by atoms with Crippen molar-refractivity contribution in [3.05, 3.63) is 99.0 Å². The first-order valence-corrected chi connectivity index (χ1v) is 17.5. The lowest BCUT2D eigenvalue weighted by Crippen LogP contribution is -2.55. The molecule has 3 aromatic rings. The zero-order valence-corrected chi connectivity index (χ0v) is 27.7. The van der Waals surface area contributed by atoms with Gasteiger partial charge in [-0.3, -0.25) is 13.9 Å². The smallest absolute Gasteiger partial charge is 0.352 e. The van der Waals surface area contributed by atoms with E-state index in [-0.39, 0.29) is 29.9 Å². The largest absolute Gasteiger partial charge is 0.416 e. The van der Waals surface area contributed by atoms with Crippen LogP contribution in [0.15, 0.2) is 77.3 Å². The van der Waals surface area contributed by atoms with Gasteiger partial charge >= 0.3 is 6.18 Å². The minimum atomic E-state index is -4.78. The van der Waals surface area contributed by atoms with E-state index in [0.717, 1.165) is 60.5 Å². The quantitative estimate of drug-likeness (QED) is 0.231. The number of nitrogens with one attached hydrogen (secondary N) is 1. The number of rotatable bonds is 11. The Kier molecular flexibility index (Phi) is 11.6. The van der Waals surface area contributed by atoms with Crippen LogP contribution in [0.3, 0.4) is 0 Å². The van der Waals surface area contributed by atoms with E-state index in [9.17, 15) is 31.2 Å². The van der Waals surface area contributed by atoms with Crippen LogP contribution < -0.4 is 9.62 Å². The first-order valence-electron chi connectivity index (χ1n) is 14.4. The predicted octanol–water partition coefficient (Wildman–Crippen LogP) is 6.98. The molecule has 0 unspecified atom stereocenters. The van der Waals surface area contributed by atoms with Crippen LogP contribution in [0.2, 0.25) is 5.02 Å². The summed E-state index contributed by atoms with van der Waals surface area (Å²) in [6.45, 7) is -0.936. The predicted molar refractivity (Wildman–Crippen MR) is 172 cm³/mol. The van der Waals surface area contributed by atoms with Crippen molar-refractivity contribution in [3.8, 4) is 0 Å². The number of amides is 2. The Balaban J connectivity index is 1.76. The van der Waals surface area contributed by atoms with Gasteiger partial charge in [0.05, 0.1) is 22.5 Å². The van der Waals surface area contributed by atoms with Crippen LogP contribution in [0.25, 0.3) is 0 Å². The standard InChI is InChI=1S/C32H34BrClF3N3O4S/c1-45(43,44)40(28-19-24(32(35,36)37)14-17-27(28)34)21-30(41)39(20-23-12-15-25(33)16-13-23)29(18-22-8-4-2-5-9-22)31(42)38-26-10-6-3-7-11-26/h2,4-5,8-9,12-17,19,26,29H,3,6-7,10-11,18,20-21H2,1H3,(H,38,42)/t29-/m0/s1. The highest BCUT2D eigenvalue weighted by Gasteiger charge is 2.36. The Bertz CT molecular complexity index is 1590. The fourth-order valence-electron chi connectivity index (χ4n) is 5.36. The number of halogens is 5. The molecule has 2 amide bonds. The van der Waals surface area contributed by atoms with Gasteiger partial charge in [-0.2, -0.15) is 13.2 Å². The second-order valence-corrected chi connectivity index (χ2v) is 14.4. The number of sulfonamides is 1. The number of anilines is 1. The molecule has 0 aliphatic heterocycles. The summed E-state index contributed by atoms with van der Waals surface area (Å²) in [6.07, 6.45) is 0.762. The van der Waals surface area contributed by atoms with Crippen LogP contribution in [-0.4, -0.2) is 50.0 Å². The summed E-state index contributed by atoms with van der Waals surface area (Å²) in [7, 11) is -4.31. The molecule has 1 saturated carbocycles. The molecule has 0 heterocycles. The molecule has 0 radical (unpaired) electrons. The number of hydrogen-bond acceptors (Lipinski definition) is 4. The molecule has 0 aromatic heterocycles. The first kappa shape index (κ1) is 34.8. The Morgan fingerprint density at radius 1 is 0.978 bits per heavy atom. The maximum absolute atomic E-state index is 14.2. The average Bonchev–Trinajstić information content (AvgIpc) is 2.99. The molecule has 0 bridgehead atoms. The van der Waals surface area contributed by atoms with Gasteiger partial charge < -0.3 is 10.2 Å². The minimum Gasteiger partial charge on any atom is -0.352 e. The lowest BCUT2D eigenvalue weighted by atomic mass is 9.94. The molecule has 13 heteroatoms. The number of hydrogen-bond donors (Lipinski definition) is 1. The maximum atomic E-state index is 14.2. The molecule has 3 aromatic carbocycles. The highest BCUT2D eigenvalue weighted by atomic mass is 79.9. The van der Waals surface area contributed by atoms with Crippen LogP contribution in [0.4, 0.5) is 18.9 Å². The molecule has 7 nitrogen and oxygen atoms in total. The maximum Gasteiger partial charge on any atom is 0.416 e. The Labute approximate surface area is 274 Å². The van der Waals surface area contributed by atoms with Crippen LogP contribution in [0.1, 0.15) is 48.8 Å². The number of benzene rings is 3. The van der Waals surface area contributed by atoms with E-state index in [1.807, 2.05) is 30.3 Å². The molecular weight excluding hydrogens is 695 g/mol. The van der Waals surface area contributed by atoms with Crippen molar-refractivity contribution in [2.75, 3.05) is 17.1 Å². The molecule has 0 spiro atoms. The molecule has 1 atom stereocenters. The normalized spacial score (nSPS) is 14.9. The van der Waals surface area contributed by atoms with Crippen molar-refractivity contribution in [2.45, 2.75) is 63.3 Å². The van der Waals surface area contributed by atoms with Crippen molar-refractivity contribution in [2.24, 2.45) is 0 Å². The van der Waals surface area contributed by atoms with Gasteiger partial charge in [0, 0.05) is 23.5 Å². The molecule has 1 aliphatic rings. The van der Waals surface area contributed by atoms with E-state index in [1.165, 1.54) is 4.90 Å². The fraction of sp³-hybridized carbons (Fsp3) is 0.375. The van der Waals surface area contributed by atoms with Gasteiger partial charge in [-0.25, -0.2) is 8.42 Å². The first-order chi connectivity index (χ1) is 21.2. The third-order valence-corrected chi connectivity index (χ3v) is 9.68. The number of carbonyl (C=O) groups excluding carboxylic acids is 2. The van der Waals surface area contributed by atoms with E-state index < -0.39 is 45.9 Å². The molecule has 0 saturated heterocycles. The van der Waals surface area contributed by atoms with Gasteiger partial charge in [-0.1, -0.05) is 89.3 Å². The van der Waals surface area contributed by atoms with Crippen molar-refractivity contribution >= 4 is 55.1 Å². The Hall–Kier alpha value is -3.09. The minimum absolute atomic E-state index is 0.0599. The summed E-state index contributed by atoms with van der Waals surface area (Å²) in [5, 5.41) is 2.82. The van der Waals surface area contributed by atoms with Crippen LogP contribution in [0.5, 0.6) is 0 Å². The van der Waals surface area contributed by atoms with Gasteiger partial charge in [-0.05, 0) is 54.3 Å². The molecule has 4 rings (SSSR count). The van der Waals surface area contributed by atoms with Crippen LogP contribution >= 0.6 is 27.5 Å². The van der Waals surface area contributed by atoms with Gasteiger partial charge in [0.15, 0.2) is 0 Å². The van der Waals surface area contributed by atoms with E-state index in [1.54, 1.807) is 24.3 Å². The lowest BCUT2D eigenvalue weighted by molar-refractivity contribution is -0.140. The average molecular weight is 729 g/mol. The summed E-state index contributed by atoms with van der Waals surface area (Å²) < 4.78 is 68.1. The van der Waals surface area contributed by atoms with E-state index in [2.05, 4.69) is 21.2 Å². The third-order valence-electron chi connectivity index (χ3n) is 7.71. The van der Waals surface area contributed by atoms with Gasteiger partial charge in [0.1, 0.15) is 12.6 Å². The number of carbonyl (C=O) groups is 2. The summed E-state index contributed by atoms with van der Waals surface area (Å²) in [4.78, 5) is 29.5. The topological polar surface area (TPSA) is 86.8 Å². The van der Waals surface area contributed by atoms with Crippen molar-refractivity contribution < 1.29 is 31.2 Å². The van der Waals surface area contributed by atoms with Crippen LogP contribution in [0, 0.1) is 0 Å². The Morgan fingerprint density at radius 2 is 1.62 bits per heavy atom. The zero-order chi connectivity index (χ0) is 32.8. The SMILES string of the molecule is CS(=O)(=O)N(CC(=O)N(Cc1ccc(Br)cc1)[C@@H](Cc1ccccc1)C(=O)NC1CCCCC1)c1cc(C(F)(F)F)ccc1Cl. The van der Waals surface area contributed by atoms with E-state index in [4.69, 9.17) is 11.6 Å². The summed E-state index contributed by atoms with van der Waals surface area (Å²) in [6, 6.07) is 17.4. The Morgan fingerprint density at radius 3 is 2.22 bits per heavy atom. The number of alkyl halides is 3. The summed E-state index contributed by atoms with van der Waals surface area (Å²) in [5.41, 5.74) is -0.172. The van der Waals surface area contributed by atoms with E-state index >= 15 is 0 Å². The van der Waals surface area contributed by atoms with Crippen LogP contribution in [-0.2, 0) is 38.8 Å². The summed E-state index contributed by atoms with van der Waals surface area (Å²) >= 11 is 9.61. The van der Waals surface area contributed by atoms with Gasteiger partial charge in [-0.15, -0.1) is 0 Å². The lowest BCUT2D eigenvalue weighted by Gasteiger charge is -2.35. The van der Waals surface area contributed by atoms with Crippen molar-refractivity contribution in [1.29, 1.82) is 0 Å². The molecule has 1 fully saturated rings. The molecule has 1 aliphatic carbocycles. The van der Waals surface area contributed by atoms with Gasteiger partial charge in [0.25, 0.3) is 0 Å². The van der Waals surface area contributed by atoms with E-state index in [0.29, 0.717) is 15.9 Å². The van der Waals surface area contributed by atoms with Crippen molar-refractivity contribution in [1.82, 2.24) is 10.2 Å². The van der Waals surface area contributed by atoms with Crippen molar-refractivity contribution in [3.63, 3.8) is 0 Å². The molecule has 45 heavy (non-hydrogen) atoms. The zero-order valence-electron chi connectivity index (χ0n) is 24.6. The highest BCUT2D eigenvalue weighted by Crippen LogP contribution is 2.36. The molecule has 242 valence electrons. The van der Waals surface area contributed by atoms with Gasteiger partial charge in [0.2, 0.25) is 21.8 Å². The number of nitrogens with zero attached hydrogens (tertiary/aromatic N) is 2.